The van der Waals surface area contributed by atoms with Crippen LogP contribution in [-0.2, 0) is 14.8 Å². The Hall–Kier alpha value is -1.35. The van der Waals surface area contributed by atoms with Crippen molar-refractivity contribution in [1.29, 1.82) is 0 Å². The first-order valence-corrected chi connectivity index (χ1v) is 7.68. The van der Waals surface area contributed by atoms with Crippen LogP contribution in [0.5, 0.6) is 0 Å². The Morgan fingerprint density at radius 3 is 2.53 bits per heavy atom. The van der Waals surface area contributed by atoms with Crippen molar-refractivity contribution in [2.45, 2.75) is 19.8 Å². The van der Waals surface area contributed by atoms with Crippen LogP contribution in [0.2, 0.25) is 0 Å². The summed E-state index contributed by atoms with van der Waals surface area (Å²) in [4.78, 5) is 24.3. The molecule has 0 aromatic carbocycles. The molecule has 1 unspecified atom stereocenters. The fourth-order valence-corrected chi connectivity index (χ4v) is 2.46. The van der Waals surface area contributed by atoms with E-state index in [2.05, 4.69) is 5.32 Å². The number of rotatable bonds is 5. The number of nitrogens with one attached hydrogen (secondary N) is 1. The van der Waals surface area contributed by atoms with Crippen molar-refractivity contribution in [2.24, 2.45) is 10.6 Å². The molecule has 9 heteroatoms. The largest absolute Gasteiger partial charge is 0.481 e. The minimum atomic E-state index is -3.61. The molecule has 1 aliphatic rings. The Morgan fingerprint density at radius 2 is 2.11 bits per heavy atom. The zero-order valence-corrected chi connectivity index (χ0v) is 11.6. The molecule has 0 saturated carbocycles. The van der Waals surface area contributed by atoms with Crippen LogP contribution in [0.1, 0.15) is 19.8 Å². The lowest BCUT2D eigenvalue weighted by Crippen LogP contribution is -2.43. The highest BCUT2D eigenvalue weighted by molar-refractivity contribution is 7.89. The molecule has 0 spiro atoms. The summed E-state index contributed by atoms with van der Waals surface area (Å²) in [6.45, 7) is 2.18. The lowest BCUT2D eigenvalue weighted by atomic mass is 9.84. The Bertz CT molecular complexity index is 464. The first-order valence-electron chi connectivity index (χ1n) is 5.97. The van der Waals surface area contributed by atoms with Crippen LogP contribution in [0.3, 0.4) is 0 Å². The van der Waals surface area contributed by atoms with Gasteiger partial charge >= 0.3 is 12.0 Å². The van der Waals surface area contributed by atoms with E-state index in [-0.39, 0.29) is 18.8 Å². The molecule has 8 nitrogen and oxygen atoms in total. The van der Waals surface area contributed by atoms with Gasteiger partial charge in [-0.25, -0.2) is 18.4 Å². The summed E-state index contributed by atoms with van der Waals surface area (Å²) in [6, 6.07) is -0.458. The van der Waals surface area contributed by atoms with Crippen molar-refractivity contribution in [1.82, 2.24) is 10.2 Å². The lowest BCUT2D eigenvalue weighted by Gasteiger charge is -2.23. The van der Waals surface area contributed by atoms with Crippen LogP contribution in [-0.4, -0.2) is 55.8 Å². The van der Waals surface area contributed by atoms with Gasteiger partial charge in [-0.15, -0.1) is 0 Å². The fourth-order valence-electron chi connectivity index (χ4n) is 2.07. The molecule has 0 radical (unpaired) electrons. The van der Waals surface area contributed by atoms with E-state index in [1.165, 1.54) is 4.90 Å². The van der Waals surface area contributed by atoms with E-state index in [9.17, 15) is 23.1 Å². The minimum Gasteiger partial charge on any atom is -0.481 e. The third-order valence-electron chi connectivity index (χ3n) is 3.43. The molecular weight excluding hydrogens is 274 g/mol. The van der Waals surface area contributed by atoms with Gasteiger partial charge in [-0.05, 0) is 12.8 Å². The first kappa shape index (κ1) is 15.7. The number of carboxylic acids is 1. The van der Waals surface area contributed by atoms with Crippen LogP contribution in [0.25, 0.3) is 0 Å². The van der Waals surface area contributed by atoms with Gasteiger partial charge in [-0.3, -0.25) is 4.79 Å². The number of nitrogens with two attached hydrogens (primary N) is 1. The van der Waals surface area contributed by atoms with Gasteiger partial charge in [0.15, 0.2) is 0 Å². The molecule has 0 aromatic rings. The second kappa shape index (κ2) is 5.74. The predicted molar refractivity (Wildman–Crippen MR) is 67.9 cm³/mol. The number of carboxylic acid groups (broad SMARTS) is 1. The highest BCUT2D eigenvalue weighted by Crippen LogP contribution is 2.34. The number of sulfonamides is 1. The monoisotopic (exact) mass is 293 g/mol. The summed E-state index contributed by atoms with van der Waals surface area (Å²) >= 11 is 0. The molecule has 110 valence electrons. The molecule has 1 atom stereocenters. The number of carbonyl (C=O) groups excluding carboxylic acids is 1. The number of hydrogen-bond acceptors (Lipinski definition) is 4. The molecule has 1 heterocycles. The minimum absolute atomic E-state index is 0.0830. The van der Waals surface area contributed by atoms with Crippen LogP contribution in [0.15, 0.2) is 0 Å². The average molecular weight is 293 g/mol. The van der Waals surface area contributed by atoms with Crippen LogP contribution < -0.4 is 10.5 Å². The standard InChI is InChI=1S/C10H19N3O5S/c1-2-10(8(14)15)3-5-13(7-10)9(16)12-4-6-19(11,17)18/h2-7H2,1H3,(H,12,16)(H,14,15)(H2,11,17,18). The summed E-state index contributed by atoms with van der Waals surface area (Å²) < 4.78 is 21.4. The van der Waals surface area contributed by atoms with Crippen LogP contribution in [0.4, 0.5) is 4.79 Å². The molecule has 1 fully saturated rings. The van der Waals surface area contributed by atoms with Crippen molar-refractivity contribution >= 4 is 22.0 Å². The number of nitrogens with zero attached hydrogens (tertiary/aromatic N) is 1. The highest BCUT2D eigenvalue weighted by Gasteiger charge is 2.44. The summed E-state index contributed by atoms with van der Waals surface area (Å²) in [7, 11) is -3.61. The number of urea groups is 1. The smallest absolute Gasteiger partial charge is 0.317 e. The summed E-state index contributed by atoms with van der Waals surface area (Å²) in [5.74, 6) is -1.25. The van der Waals surface area contributed by atoms with Gasteiger partial charge in [0.2, 0.25) is 10.0 Å². The Morgan fingerprint density at radius 1 is 1.47 bits per heavy atom. The molecule has 0 bridgehead atoms. The summed E-state index contributed by atoms with van der Waals surface area (Å²) in [5.41, 5.74) is -0.892. The number of aliphatic carboxylic acids is 1. The van der Waals surface area contributed by atoms with E-state index in [1.54, 1.807) is 6.92 Å². The Kier molecular flexibility index (Phi) is 4.75. The summed E-state index contributed by atoms with van der Waals surface area (Å²) in [6.07, 6.45) is 0.852. The molecule has 1 rings (SSSR count). The number of carbonyl (C=O) groups is 2. The average Bonchev–Trinajstić information content (AvgIpc) is 2.72. The predicted octanol–water partition coefficient (Wildman–Crippen LogP) is -0.829. The normalized spacial score (nSPS) is 23.4. The van der Waals surface area contributed by atoms with Gasteiger partial charge in [0, 0.05) is 19.6 Å². The Labute approximate surface area is 112 Å². The topological polar surface area (TPSA) is 130 Å². The summed E-state index contributed by atoms with van der Waals surface area (Å²) in [5, 5.41) is 16.4. The molecule has 19 heavy (non-hydrogen) atoms. The van der Waals surface area contributed by atoms with Gasteiger partial charge in [0.1, 0.15) is 0 Å². The SMILES string of the molecule is CCC1(C(=O)O)CCN(C(=O)NCCS(N)(=O)=O)C1. The van der Waals surface area contributed by atoms with Crippen molar-refractivity contribution in [2.75, 3.05) is 25.4 Å². The van der Waals surface area contributed by atoms with Gasteiger partial charge < -0.3 is 15.3 Å². The lowest BCUT2D eigenvalue weighted by molar-refractivity contribution is -0.148. The van der Waals surface area contributed by atoms with Gasteiger partial charge in [-0.1, -0.05) is 6.92 Å². The second-order valence-corrected chi connectivity index (χ2v) is 6.44. The van der Waals surface area contributed by atoms with Crippen molar-refractivity contribution in [3.63, 3.8) is 0 Å². The maximum atomic E-state index is 11.7. The molecule has 4 N–H and O–H groups in total. The number of likely N-dealkylation sites (tertiary alicyclic amines) is 1. The third kappa shape index (κ3) is 4.06. The van der Waals surface area contributed by atoms with Crippen LogP contribution >= 0.6 is 0 Å². The third-order valence-corrected chi connectivity index (χ3v) is 4.21. The number of hydrogen-bond donors (Lipinski definition) is 3. The van der Waals surface area contributed by atoms with Gasteiger partial charge in [0.05, 0.1) is 11.2 Å². The van der Waals surface area contributed by atoms with Gasteiger partial charge in [-0.2, -0.15) is 0 Å². The quantitative estimate of drug-likeness (QED) is 0.609. The molecule has 0 aromatic heterocycles. The van der Waals surface area contributed by atoms with Crippen molar-refractivity contribution in [3.05, 3.63) is 0 Å². The van der Waals surface area contributed by atoms with Crippen LogP contribution in [0, 0.1) is 5.41 Å². The van der Waals surface area contributed by atoms with E-state index >= 15 is 0 Å². The maximum absolute atomic E-state index is 11.7. The van der Waals surface area contributed by atoms with E-state index in [1.807, 2.05) is 0 Å². The Balaban J connectivity index is 2.50. The molecule has 1 saturated heterocycles. The highest BCUT2D eigenvalue weighted by atomic mass is 32.2. The zero-order chi connectivity index (χ0) is 14.7. The zero-order valence-electron chi connectivity index (χ0n) is 10.8. The van der Waals surface area contributed by atoms with E-state index in [0.29, 0.717) is 19.4 Å². The van der Waals surface area contributed by atoms with Gasteiger partial charge in [0.25, 0.3) is 0 Å². The first-order chi connectivity index (χ1) is 8.70. The second-order valence-electron chi connectivity index (χ2n) is 4.71. The molecule has 0 aliphatic carbocycles. The molecule has 2 amide bonds. The number of primary sulfonamides is 1. The molecule has 1 aliphatic heterocycles. The fraction of sp³-hybridized carbons (Fsp3) is 0.800. The van der Waals surface area contributed by atoms with Crippen molar-refractivity contribution in [3.8, 4) is 0 Å². The van der Waals surface area contributed by atoms with Crippen molar-refractivity contribution < 1.29 is 23.1 Å². The van der Waals surface area contributed by atoms with E-state index < -0.39 is 27.4 Å². The molecular formula is C10H19N3O5S. The van der Waals surface area contributed by atoms with E-state index in [0.717, 1.165) is 0 Å². The maximum Gasteiger partial charge on any atom is 0.317 e. The van der Waals surface area contributed by atoms with E-state index in [4.69, 9.17) is 5.14 Å². The number of amides is 2.